The van der Waals surface area contributed by atoms with Crippen LogP contribution in [0.1, 0.15) is 22.2 Å². The molecule has 1 atom stereocenters. The number of thiazole rings is 1. The smallest absolute Gasteiger partial charge is 0.231 e. The third kappa shape index (κ3) is 6.16. The van der Waals surface area contributed by atoms with Crippen molar-refractivity contribution in [3.05, 3.63) is 76.1 Å². The van der Waals surface area contributed by atoms with Gasteiger partial charge in [-0.1, -0.05) is 42.5 Å². The molecule has 1 amide bonds. The van der Waals surface area contributed by atoms with Crippen molar-refractivity contribution in [3.63, 3.8) is 0 Å². The molecule has 0 aliphatic rings. The second kappa shape index (κ2) is 9.98. The molecule has 3 rings (SSSR count). The molecule has 2 aromatic carbocycles. The van der Waals surface area contributed by atoms with Gasteiger partial charge in [0.05, 0.1) is 12.5 Å². The molecule has 6 nitrogen and oxygen atoms in total. The molecule has 28 heavy (non-hydrogen) atoms. The van der Waals surface area contributed by atoms with Crippen molar-refractivity contribution in [1.29, 1.82) is 0 Å². The Kier molecular flexibility index (Phi) is 7.13. The second-order valence-corrected chi connectivity index (χ2v) is 7.41. The fourth-order valence-electron chi connectivity index (χ4n) is 2.77. The first-order valence-electron chi connectivity index (χ1n) is 9.12. The fraction of sp³-hybridized carbons (Fsp3) is 0.238. The van der Waals surface area contributed by atoms with Crippen molar-refractivity contribution in [2.45, 2.75) is 18.9 Å². The number of aliphatic hydroxyl groups excluding tert-OH is 1. The first kappa shape index (κ1) is 20.0. The lowest BCUT2D eigenvalue weighted by atomic mass is 10.1. The molecule has 0 spiro atoms. The van der Waals surface area contributed by atoms with Gasteiger partial charge in [0.25, 0.3) is 0 Å². The Balaban J connectivity index is 1.38. The molecule has 1 heterocycles. The van der Waals surface area contributed by atoms with Gasteiger partial charge in [-0.05, 0) is 36.2 Å². The summed E-state index contributed by atoms with van der Waals surface area (Å²) in [7, 11) is 0. The average Bonchev–Trinajstić information content (AvgIpc) is 3.11. The van der Waals surface area contributed by atoms with Gasteiger partial charge in [0.15, 0.2) is 0 Å². The van der Waals surface area contributed by atoms with Crippen molar-refractivity contribution in [2.75, 3.05) is 24.1 Å². The van der Waals surface area contributed by atoms with Gasteiger partial charge >= 0.3 is 0 Å². The Hall–Kier alpha value is -2.74. The summed E-state index contributed by atoms with van der Waals surface area (Å²) in [6.45, 7) is 1.28. The summed E-state index contributed by atoms with van der Waals surface area (Å²) in [5.41, 5.74) is 8.40. The number of amides is 1. The highest BCUT2D eigenvalue weighted by molar-refractivity contribution is 7.10. The number of anilines is 2. The van der Waals surface area contributed by atoms with Gasteiger partial charge in [-0.3, -0.25) is 4.79 Å². The highest BCUT2D eigenvalue weighted by atomic mass is 32.1. The van der Waals surface area contributed by atoms with Crippen molar-refractivity contribution >= 4 is 28.7 Å². The molecule has 0 saturated heterocycles. The van der Waals surface area contributed by atoms with Crippen LogP contribution in [0, 0.1) is 0 Å². The lowest BCUT2D eigenvalue weighted by Crippen LogP contribution is -2.23. The fourth-order valence-corrected chi connectivity index (χ4v) is 3.45. The number of hydrogen-bond acceptors (Lipinski definition) is 6. The van der Waals surface area contributed by atoms with Gasteiger partial charge in [-0.2, -0.15) is 0 Å². The van der Waals surface area contributed by atoms with Crippen LogP contribution >= 0.6 is 11.3 Å². The minimum atomic E-state index is -0.507. The van der Waals surface area contributed by atoms with E-state index in [1.165, 1.54) is 11.3 Å². The van der Waals surface area contributed by atoms with Crippen molar-refractivity contribution in [3.8, 4) is 0 Å². The van der Waals surface area contributed by atoms with Gasteiger partial charge in [0.1, 0.15) is 10.8 Å². The Bertz CT molecular complexity index is 881. The molecule has 146 valence electrons. The number of nitrogens with two attached hydrogens (primary N) is 1. The van der Waals surface area contributed by atoms with Crippen LogP contribution in [0.25, 0.3) is 0 Å². The van der Waals surface area contributed by atoms with E-state index in [-0.39, 0.29) is 12.3 Å². The molecule has 0 fully saturated rings. The van der Waals surface area contributed by atoms with E-state index in [0.29, 0.717) is 17.4 Å². The SMILES string of the molecule is Nc1csc(CC(=O)Nc2ccc(CCNCC(O)c3ccccc3)cc2)n1. The summed E-state index contributed by atoms with van der Waals surface area (Å²) < 4.78 is 0. The summed E-state index contributed by atoms with van der Waals surface area (Å²) in [6.07, 6.45) is 0.553. The number of aliphatic hydroxyl groups is 1. The number of nitrogen functional groups attached to an aromatic ring is 1. The molecule has 0 aliphatic heterocycles. The van der Waals surface area contributed by atoms with Crippen molar-refractivity contribution < 1.29 is 9.90 Å². The summed E-state index contributed by atoms with van der Waals surface area (Å²) in [4.78, 5) is 16.1. The van der Waals surface area contributed by atoms with Crippen molar-refractivity contribution in [2.24, 2.45) is 0 Å². The highest BCUT2D eigenvalue weighted by Crippen LogP contribution is 2.14. The van der Waals surface area contributed by atoms with E-state index in [2.05, 4.69) is 15.6 Å². The molecule has 1 unspecified atom stereocenters. The number of rotatable bonds is 9. The maximum absolute atomic E-state index is 12.0. The van der Waals surface area contributed by atoms with E-state index in [1.807, 2.05) is 54.6 Å². The summed E-state index contributed by atoms with van der Waals surface area (Å²) >= 11 is 1.38. The molecular weight excluding hydrogens is 372 g/mol. The summed E-state index contributed by atoms with van der Waals surface area (Å²) in [5.74, 6) is 0.334. The predicted molar refractivity (Wildman–Crippen MR) is 113 cm³/mol. The zero-order valence-corrected chi connectivity index (χ0v) is 16.3. The van der Waals surface area contributed by atoms with E-state index in [4.69, 9.17) is 5.73 Å². The minimum absolute atomic E-state index is 0.112. The van der Waals surface area contributed by atoms with E-state index < -0.39 is 6.10 Å². The van der Waals surface area contributed by atoms with E-state index in [1.54, 1.807) is 5.38 Å². The topological polar surface area (TPSA) is 100 Å². The van der Waals surface area contributed by atoms with Crippen LogP contribution in [0.2, 0.25) is 0 Å². The third-order valence-corrected chi connectivity index (χ3v) is 5.10. The van der Waals surface area contributed by atoms with Gasteiger partial charge < -0.3 is 21.5 Å². The summed E-state index contributed by atoms with van der Waals surface area (Å²) in [5, 5.41) is 18.7. The normalized spacial score (nSPS) is 11.9. The lowest BCUT2D eigenvalue weighted by Gasteiger charge is -2.12. The lowest BCUT2D eigenvalue weighted by molar-refractivity contribution is -0.115. The number of aromatic nitrogens is 1. The number of nitrogens with one attached hydrogen (secondary N) is 2. The van der Waals surface area contributed by atoms with Gasteiger partial charge in [-0.15, -0.1) is 11.3 Å². The maximum atomic E-state index is 12.0. The molecule has 3 aromatic rings. The molecule has 0 radical (unpaired) electrons. The van der Waals surface area contributed by atoms with E-state index in [0.717, 1.165) is 29.8 Å². The van der Waals surface area contributed by atoms with Gasteiger partial charge in [-0.25, -0.2) is 4.98 Å². The second-order valence-electron chi connectivity index (χ2n) is 6.47. The van der Waals surface area contributed by atoms with Crippen LogP contribution < -0.4 is 16.4 Å². The molecule has 1 aromatic heterocycles. The van der Waals surface area contributed by atoms with Crippen LogP contribution in [0.4, 0.5) is 11.5 Å². The summed E-state index contributed by atoms with van der Waals surface area (Å²) in [6, 6.07) is 17.4. The highest BCUT2D eigenvalue weighted by Gasteiger charge is 2.08. The third-order valence-electron chi connectivity index (χ3n) is 4.23. The van der Waals surface area contributed by atoms with Crippen molar-refractivity contribution in [1.82, 2.24) is 10.3 Å². The van der Waals surface area contributed by atoms with Crippen LogP contribution in [0.3, 0.4) is 0 Å². The Morgan fingerprint density at radius 1 is 1.14 bits per heavy atom. The number of carbonyl (C=O) groups excluding carboxylic acids is 1. The Morgan fingerprint density at radius 2 is 1.89 bits per heavy atom. The largest absolute Gasteiger partial charge is 0.387 e. The number of benzene rings is 2. The first-order chi connectivity index (χ1) is 13.6. The van der Waals surface area contributed by atoms with Crippen LogP contribution in [0.5, 0.6) is 0 Å². The standard InChI is InChI=1S/C21H24N4O2S/c22-19-14-28-21(25-19)12-20(27)24-17-8-6-15(7-9-17)10-11-23-13-18(26)16-4-2-1-3-5-16/h1-9,14,18,23,26H,10-13,22H2,(H,24,27). The first-order valence-corrected chi connectivity index (χ1v) is 10.0. The van der Waals surface area contributed by atoms with Crippen LogP contribution in [-0.4, -0.2) is 29.1 Å². The monoisotopic (exact) mass is 396 g/mol. The van der Waals surface area contributed by atoms with Gasteiger partial charge in [0.2, 0.25) is 5.91 Å². The van der Waals surface area contributed by atoms with Crippen LogP contribution in [-0.2, 0) is 17.6 Å². The zero-order chi connectivity index (χ0) is 19.8. The van der Waals surface area contributed by atoms with E-state index in [9.17, 15) is 9.90 Å². The Labute approximate surface area is 168 Å². The van der Waals surface area contributed by atoms with E-state index >= 15 is 0 Å². The number of nitrogens with zero attached hydrogens (tertiary/aromatic N) is 1. The average molecular weight is 397 g/mol. The van der Waals surface area contributed by atoms with Gasteiger partial charge in [0, 0.05) is 17.6 Å². The van der Waals surface area contributed by atoms with Crippen LogP contribution in [0.15, 0.2) is 60.0 Å². The molecule has 0 saturated carbocycles. The maximum Gasteiger partial charge on any atom is 0.231 e. The molecule has 0 bridgehead atoms. The Morgan fingerprint density at radius 3 is 2.57 bits per heavy atom. The predicted octanol–water partition coefficient (Wildman–Crippen LogP) is 2.77. The zero-order valence-electron chi connectivity index (χ0n) is 15.5. The molecule has 5 N–H and O–H groups in total. The number of carbonyl (C=O) groups is 1. The molecular formula is C21H24N4O2S. The molecule has 0 aliphatic carbocycles. The number of hydrogen-bond donors (Lipinski definition) is 4. The molecule has 7 heteroatoms. The quantitative estimate of drug-likeness (QED) is 0.417. The minimum Gasteiger partial charge on any atom is -0.387 e.